The fraction of sp³-hybridized carbons (Fsp3) is 0.762. The standard InChI is InChI=1S/C21H31IO/c1-5-7-18(23)21(4)12-6-11-20(3)16-10-13-19(2,22)14-15(16)8-9-17(20)21/h5,7,10,15,17H,6,8-9,11-14H2,1-4H3/b7-5+/t15?,17?,19-,20-,21+/m0/s1. The lowest BCUT2D eigenvalue weighted by Gasteiger charge is -2.58. The van der Waals surface area contributed by atoms with Gasteiger partial charge in [0.25, 0.3) is 0 Å². The third-order valence-electron chi connectivity index (χ3n) is 7.13. The van der Waals surface area contributed by atoms with Crippen molar-refractivity contribution in [3.63, 3.8) is 0 Å². The minimum absolute atomic E-state index is 0.156. The summed E-state index contributed by atoms with van der Waals surface area (Å²) in [6.07, 6.45) is 14.9. The van der Waals surface area contributed by atoms with Crippen molar-refractivity contribution in [2.24, 2.45) is 22.7 Å². The zero-order chi connectivity index (χ0) is 16.9. The largest absolute Gasteiger partial charge is 0.294 e. The smallest absolute Gasteiger partial charge is 0.161 e. The Balaban J connectivity index is 1.98. The van der Waals surface area contributed by atoms with Crippen LogP contribution in [-0.2, 0) is 4.79 Å². The molecule has 23 heavy (non-hydrogen) atoms. The number of hydrogen-bond acceptors (Lipinski definition) is 1. The molecule has 0 bridgehead atoms. The molecular formula is C21H31IO. The topological polar surface area (TPSA) is 17.1 Å². The number of fused-ring (bicyclic) bond motifs is 3. The van der Waals surface area contributed by atoms with Crippen LogP contribution in [0.25, 0.3) is 0 Å². The van der Waals surface area contributed by atoms with Crippen LogP contribution in [0.1, 0.15) is 72.6 Å². The van der Waals surface area contributed by atoms with Gasteiger partial charge >= 0.3 is 0 Å². The van der Waals surface area contributed by atoms with Gasteiger partial charge in [0, 0.05) is 8.84 Å². The van der Waals surface area contributed by atoms with Gasteiger partial charge in [-0.15, -0.1) is 0 Å². The summed E-state index contributed by atoms with van der Waals surface area (Å²) < 4.78 is 0.424. The highest BCUT2D eigenvalue weighted by Gasteiger charge is 2.56. The number of carbonyl (C=O) groups is 1. The van der Waals surface area contributed by atoms with Crippen molar-refractivity contribution < 1.29 is 4.79 Å². The van der Waals surface area contributed by atoms with Gasteiger partial charge in [-0.25, -0.2) is 0 Å². The molecule has 2 unspecified atom stereocenters. The van der Waals surface area contributed by atoms with E-state index < -0.39 is 0 Å². The maximum absolute atomic E-state index is 12.9. The van der Waals surface area contributed by atoms with Gasteiger partial charge in [-0.3, -0.25) is 4.79 Å². The van der Waals surface area contributed by atoms with Gasteiger partial charge in [0.05, 0.1) is 0 Å². The summed E-state index contributed by atoms with van der Waals surface area (Å²) in [6, 6.07) is 0. The second-order valence-electron chi connectivity index (χ2n) is 8.86. The van der Waals surface area contributed by atoms with E-state index in [0.29, 0.717) is 15.1 Å². The van der Waals surface area contributed by atoms with Crippen molar-refractivity contribution in [1.82, 2.24) is 0 Å². The zero-order valence-corrected chi connectivity index (χ0v) is 17.3. The molecule has 3 aliphatic rings. The molecule has 0 saturated heterocycles. The highest BCUT2D eigenvalue weighted by Crippen LogP contribution is 2.63. The number of carbonyl (C=O) groups excluding carboxylic acids is 1. The second kappa shape index (κ2) is 6.00. The van der Waals surface area contributed by atoms with Crippen LogP contribution in [-0.4, -0.2) is 9.20 Å². The third-order valence-corrected chi connectivity index (χ3v) is 8.01. The molecule has 128 valence electrons. The van der Waals surface area contributed by atoms with E-state index >= 15 is 0 Å². The van der Waals surface area contributed by atoms with E-state index in [1.165, 1.54) is 38.5 Å². The van der Waals surface area contributed by atoms with Crippen molar-refractivity contribution in [3.8, 4) is 0 Å². The number of ketones is 1. The molecule has 0 amide bonds. The van der Waals surface area contributed by atoms with Crippen LogP contribution in [0.4, 0.5) is 0 Å². The van der Waals surface area contributed by atoms with E-state index in [2.05, 4.69) is 49.4 Å². The highest BCUT2D eigenvalue weighted by molar-refractivity contribution is 14.1. The van der Waals surface area contributed by atoms with Crippen LogP contribution in [0, 0.1) is 22.7 Å². The SMILES string of the molecule is C/C=C/C(=O)[C@]1(C)CCC[C@@]2(C)C3=CC[C@](C)(I)CC3CCC12. The van der Waals surface area contributed by atoms with E-state index in [4.69, 9.17) is 0 Å². The lowest BCUT2D eigenvalue weighted by Crippen LogP contribution is -2.52. The molecule has 0 radical (unpaired) electrons. The van der Waals surface area contributed by atoms with Crippen LogP contribution >= 0.6 is 22.6 Å². The van der Waals surface area contributed by atoms with Gasteiger partial charge in [-0.05, 0) is 68.8 Å². The molecule has 2 heteroatoms. The summed E-state index contributed by atoms with van der Waals surface area (Å²) in [7, 11) is 0. The predicted octanol–water partition coefficient (Wildman–Crippen LogP) is 6.27. The van der Waals surface area contributed by atoms with E-state index in [0.717, 1.165) is 12.3 Å². The minimum atomic E-state index is -0.156. The normalized spacial score (nSPS) is 46.9. The first-order valence-corrected chi connectivity index (χ1v) is 10.4. The number of rotatable bonds is 2. The summed E-state index contributed by atoms with van der Waals surface area (Å²) in [5, 5.41) is 0. The fourth-order valence-electron chi connectivity index (χ4n) is 6.02. The summed E-state index contributed by atoms with van der Waals surface area (Å²) in [5.74, 6) is 1.64. The number of hydrogen-bond donors (Lipinski definition) is 0. The molecule has 0 spiro atoms. The first-order chi connectivity index (χ1) is 10.7. The predicted molar refractivity (Wildman–Crippen MR) is 106 cm³/mol. The average molecular weight is 426 g/mol. The minimum Gasteiger partial charge on any atom is -0.294 e. The van der Waals surface area contributed by atoms with E-state index in [1.807, 2.05) is 19.1 Å². The number of allylic oxidation sites excluding steroid dienone is 4. The Kier molecular flexibility index (Phi) is 4.61. The van der Waals surface area contributed by atoms with Crippen molar-refractivity contribution in [1.29, 1.82) is 0 Å². The molecule has 3 rings (SSSR count). The summed E-state index contributed by atoms with van der Waals surface area (Å²) >= 11 is 2.65. The Morgan fingerprint density at radius 2 is 2.00 bits per heavy atom. The quantitative estimate of drug-likeness (QED) is 0.220. The van der Waals surface area contributed by atoms with Gasteiger partial charge in [-0.2, -0.15) is 0 Å². The third kappa shape index (κ3) is 2.87. The molecule has 3 aliphatic carbocycles. The molecule has 0 aliphatic heterocycles. The van der Waals surface area contributed by atoms with Gasteiger partial charge in [0.15, 0.2) is 5.78 Å². The zero-order valence-electron chi connectivity index (χ0n) is 15.1. The van der Waals surface area contributed by atoms with Crippen molar-refractivity contribution >= 4 is 28.4 Å². The van der Waals surface area contributed by atoms with E-state index in [9.17, 15) is 4.79 Å². The summed E-state index contributed by atoms with van der Waals surface area (Å²) in [6.45, 7) is 9.09. The van der Waals surface area contributed by atoms with E-state index in [-0.39, 0.29) is 10.8 Å². The van der Waals surface area contributed by atoms with Crippen LogP contribution in [0.5, 0.6) is 0 Å². The lowest BCUT2D eigenvalue weighted by molar-refractivity contribution is -0.134. The highest BCUT2D eigenvalue weighted by atomic mass is 127. The Morgan fingerprint density at radius 3 is 2.70 bits per heavy atom. The Hall–Kier alpha value is -0.120. The molecule has 0 aromatic carbocycles. The Bertz CT molecular complexity index is 558. The van der Waals surface area contributed by atoms with Crippen molar-refractivity contribution in [2.45, 2.75) is 76.1 Å². The first-order valence-electron chi connectivity index (χ1n) is 9.29. The molecule has 0 aromatic rings. The van der Waals surface area contributed by atoms with Crippen molar-refractivity contribution in [2.75, 3.05) is 0 Å². The molecular weight excluding hydrogens is 395 g/mol. The fourth-order valence-corrected chi connectivity index (χ4v) is 6.77. The number of alkyl halides is 1. The maximum atomic E-state index is 12.9. The summed E-state index contributed by atoms with van der Waals surface area (Å²) in [4.78, 5) is 12.9. The summed E-state index contributed by atoms with van der Waals surface area (Å²) in [5.41, 5.74) is 1.80. The van der Waals surface area contributed by atoms with Gasteiger partial charge in [-0.1, -0.05) is 67.5 Å². The van der Waals surface area contributed by atoms with Gasteiger partial charge < -0.3 is 0 Å². The van der Waals surface area contributed by atoms with Gasteiger partial charge in [0.2, 0.25) is 0 Å². The Labute approximate surface area is 155 Å². The van der Waals surface area contributed by atoms with Crippen LogP contribution in [0.15, 0.2) is 23.8 Å². The van der Waals surface area contributed by atoms with Crippen molar-refractivity contribution in [3.05, 3.63) is 23.8 Å². The second-order valence-corrected chi connectivity index (χ2v) is 11.5. The van der Waals surface area contributed by atoms with Gasteiger partial charge in [0.1, 0.15) is 0 Å². The molecule has 1 nitrogen and oxygen atoms in total. The molecule has 2 fully saturated rings. The molecule has 5 atom stereocenters. The maximum Gasteiger partial charge on any atom is 0.161 e. The monoisotopic (exact) mass is 426 g/mol. The van der Waals surface area contributed by atoms with Crippen LogP contribution in [0.2, 0.25) is 0 Å². The average Bonchev–Trinajstić information content (AvgIpc) is 2.45. The number of halogens is 1. The molecule has 2 saturated carbocycles. The Morgan fingerprint density at radius 1 is 1.26 bits per heavy atom. The van der Waals surface area contributed by atoms with E-state index in [1.54, 1.807) is 5.57 Å². The molecule has 0 heterocycles. The molecule has 0 aromatic heterocycles. The van der Waals surface area contributed by atoms with Crippen LogP contribution < -0.4 is 0 Å². The first kappa shape index (κ1) is 17.7. The molecule has 0 N–H and O–H groups in total. The lowest BCUT2D eigenvalue weighted by atomic mass is 9.46. The van der Waals surface area contributed by atoms with Crippen LogP contribution in [0.3, 0.4) is 0 Å².